The summed E-state index contributed by atoms with van der Waals surface area (Å²) in [6, 6.07) is 0. The van der Waals surface area contributed by atoms with Crippen LogP contribution in [0.2, 0.25) is 0 Å². The molecule has 10 heteroatoms. The third-order valence-electron chi connectivity index (χ3n) is 5.59. The maximum absolute atomic E-state index is 10.5. The molecule has 3 heterocycles. The summed E-state index contributed by atoms with van der Waals surface area (Å²) < 4.78 is 28.3. The Morgan fingerprint density at radius 1 is 0.607 bits per heavy atom. The molecule has 0 aliphatic carbocycles. The normalized spacial score (nSPS) is 53.1. The number of rotatable bonds is 4. The highest BCUT2D eigenvalue weighted by Gasteiger charge is 2.44. The molecule has 3 rings (SSSR count). The van der Waals surface area contributed by atoms with Crippen molar-refractivity contribution in [3.8, 4) is 0 Å². The Morgan fingerprint density at radius 2 is 1.07 bits per heavy atom. The van der Waals surface area contributed by atoms with Gasteiger partial charge in [0.1, 0.15) is 18.3 Å². The number of aliphatic hydroxyl groups excluding tert-OH is 5. The highest BCUT2D eigenvalue weighted by atomic mass is 16.7. The third kappa shape index (κ3) is 5.01. The molecule has 12 atom stereocenters. The maximum atomic E-state index is 10.5. The zero-order valence-electron chi connectivity index (χ0n) is 16.3. The predicted octanol–water partition coefficient (Wildman–Crippen LogP) is -1.40. The monoisotopic (exact) mass is 408 g/mol. The summed E-state index contributed by atoms with van der Waals surface area (Å²) in [7, 11) is 0. The minimum absolute atomic E-state index is 0.0386. The molecule has 164 valence electrons. The fraction of sp³-hybridized carbons (Fsp3) is 1.00. The van der Waals surface area contributed by atoms with Crippen LogP contribution in [0.25, 0.3) is 0 Å². The lowest BCUT2D eigenvalue weighted by Gasteiger charge is -2.44. The van der Waals surface area contributed by atoms with Gasteiger partial charge in [-0.05, 0) is 20.8 Å². The molecular weight excluding hydrogens is 376 g/mol. The van der Waals surface area contributed by atoms with Crippen LogP contribution in [0.5, 0.6) is 0 Å². The van der Waals surface area contributed by atoms with Gasteiger partial charge in [0.2, 0.25) is 0 Å². The highest BCUT2D eigenvalue weighted by Crippen LogP contribution is 2.31. The Hall–Kier alpha value is -0.400. The van der Waals surface area contributed by atoms with E-state index >= 15 is 0 Å². The van der Waals surface area contributed by atoms with Crippen LogP contribution in [0.3, 0.4) is 0 Å². The molecule has 0 spiro atoms. The van der Waals surface area contributed by atoms with Gasteiger partial charge in [0.05, 0.1) is 36.6 Å². The first kappa shape index (κ1) is 22.3. The van der Waals surface area contributed by atoms with Crippen molar-refractivity contribution in [2.45, 2.75) is 114 Å². The van der Waals surface area contributed by atoms with Gasteiger partial charge in [-0.25, -0.2) is 0 Å². The lowest BCUT2D eigenvalue weighted by molar-refractivity contribution is -0.331. The molecule has 5 N–H and O–H groups in total. The highest BCUT2D eigenvalue weighted by molar-refractivity contribution is 4.87. The first-order valence-corrected chi connectivity index (χ1v) is 9.83. The Labute approximate surface area is 163 Å². The SMILES string of the molecule is C[C@H]1O[C@@H](O[C@H]2[C@@H](O)C[C@H](O[C@H]3[C@@H](O)C[C@@H](O)O[C@@H]3C)O[C@@H]2C)C[C@H](O)[C@@H]1O. The van der Waals surface area contributed by atoms with E-state index in [1.165, 1.54) is 0 Å². The molecule has 0 aromatic carbocycles. The second kappa shape index (κ2) is 9.17. The number of ether oxygens (including phenoxy) is 5. The van der Waals surface area contributed by atoms with Gasteiger partial charge < -0.3 is 49.2 Å². The summed E-state index contributed by atoms with van der Waals surface area (Å²) in [6.07, 6.45) is -9.17. The molecular formula is C18H32O10. The Morgan fingerprint density at radius 3 is 1.57 bits per heavy atom. The van der Waals surface area contributed by atoms with Crippen molar-refractivity contribution >= 4 is 0 Å². The lowest BCUT2D eigenvalue weighted by Crippen LogP contribution is -2.56. The zero-order valence-corrected chi connectivity index (χ0v) is 16.3. The van der Waals surface area contributed by atoms with Crippen molar-refractivity contribution in [2.24, 2.45) is 0 Å². The molecule has 0 amide bonds. The largest absolute Gasteiger partial charge is 0.390 e. The second-order valence-electron chi connectivity index (χ2n) is 7.94. The van der Waals surface area contributed by atoms with Crippen LogP contribution in [0, 0.1) is 0 Å². The van der Waals surface area contributed by atoms with Crippen molar-refractivity contribution in [1.29, 1.82) is 0 Å². The van der Waals surface area contributed by atoms with Gasteiger partial charge in [-0.1, -0.05) is 0 Å². The van der Waals surface area contributed by atoms with E-state index in [9.17, 15) is 25.5 Å². The van der Waals surface area contributed by atoms with Gasteiger partial charge in [-0.15, -0.1) is 0 Å². The van der Waals surface area contributed by atoms with E-state index in [0.29, 0.717) is 0 Å². The van der Waals surface area contributed by atoms with Gasteiger partial charge >= 0.3 is 0 Å². The molecule has 3 saturated heterocycles. The summed E-state index contributed by atoms with van der Waals surface area (Å²) in [4.78, 5) is 0. The van der Waals surface area contributed by atoms with Gasteiger partial charge in [0.25, 0.3) is 0 Å². The molecule has 0 bridgehead atoms. The van der Waals surface area contributed by atoms with Gasteiger partial charge in [-0.3, -0.25) is 0 Å². The smallest absolute Gasteiger partial charge is 0.161 e. The Kier molecular flexibility index (Phi) is 7.30. The Balaban J connectivity index is 1.54. The van der Waals surface area contributed by atoms with Crippen molar-refractivity contribution in [3.63, 3.8) is 0 Å². The van der Waals surface area contributed by atoms with Crippen molar-refractivity contribution in [1.82, 2.24) is 0 Å². The summed E-state index contributed by atoms with van der Waals surface area (Å²) >= 11 is 0. The van der Waals surface area contributed by atoms with E-state index in [0.717, 1.165) is 0 Å². The molecule has 0 unspecified atom stereocenters. The van der Waals surface area contributed by atoms with Crippen molar-refractivity contribution in [3.05, 3.63) is 0 Å². The average Bonchev–Trinajstić information content (AvgIpc) is 2.59. The van der Waals surface area contributed by atoms with E-state index in [-0.39, 0.29) is 19.3 Å². The van der Waals surface area contributed by atoms with Crippen LogP contribution < -0.4 is 0 Å². The van der Waals surface area contributed by atoms with E-state index < -0.39 is 73.8 Å². The van der Waals surface area contributed by atoms with E-state index in [1.54, 1.807) is 20.8 Å². The summed E-state index contributed by atoms with van der Waals surface area (Å²) in [6.45, 7) is 5.05. The zero-order chi connectivity index (χ0) is 20.6. The first-order valence-electron chi connectivity index (χ1n) is 9.83. The van der Waals surface area contributed by atoms with E-state index in [2.05, 4.69) is 0 Å². The lowest BCUT2D eigenvalue weighted by atomic mass is 9.99. The van der Waals surface area contributed by atoms with Crippen molar-refractivity contribution in [2.75, 3.05) is 0 Å². The summed E-state index contributed by atoms with van der Waals surface area (Å²) in [5, 5.41) is 49.9. The molecule has 3 aliphatic heterocycles. The average molecular weight is 408 g/mol. The topological polar surface area (TPSA) is 147 Å². The minimum atomic E-state index is -1.04. The molecule has 0 aromatic rings. The van der Waals surface area contributed by atoms with Crippen LogP contribution in [0.1, 0.15) is 40.0 Å². The molecule has 28 heavy (non-hydrogen) atoms. The van der Waals surface area contributed by atoms with Gasteiger partial charge in [-0.2, -0.15) is 0 Å². The molecule has 3 fully saturated rings. The summed E-state index contributed by atoms with van der Waals surface area (Å²) in [5.74, 6) is 0. The first-order chi connectivity index (χ1) is 13.2. The number of hydrogen-bond donors (Lipinski definition) is 5. The molecule has 0 radical (unpaired) electrons. The molecule has 10 nitrogen and oxygen atoms in total. The summed E-state index contributed by atoms with van der Waals surface area (Å²) in [5.41, 5.74) is 0. The maximum Gasteiger partial charge on any atom is 0.161 e. The fourth-order valence-corrected chi connectivity index (χ4v) is 4.00. The van der Waals surface area contributed by atoms with Gasteiger partial charge in [0.15, 0.2) is 18.9 Å². The number of aliphatic hydroxyl groups is 5. The molecule has 0 aromatic heterocycles. The fourth-order valence-electron chi connectivity index (χ4n) is 4.00. The van der Waals surface area contributed by atoms with Gasteiger partial charge in [0, 0.05) is 19.3 Å². The van der Waals surface area contributed by atoms with E-state index in [4.69, 9.17) is 23.7 Å². The molecule has 0 saturated carbocycles. The standard InChI is InChI=1S/C18H32O10/c1-7-16(23)10(19)5-14(25-7)27-18-9(3)26-15(6-12(18)21)28-17-8(2)24-13(22)4-11(17)20/h7-23H,4-6H2,1-3H3/t7-,8-,9-,10+,11+,12+,13+,14+,15+,16-,17-,18-/m1/s1. The minimum Gasteiger partial charge on any atom is -0.390 e. The predicted molar refractivity (Wildman–Crippen MR) is 92.8 cm³/mol. The molecule has 3 aliphatic rings. The van der Waals surface area contributed by atoms with Crippen molar-refractivity contribution < 1.29 is 49.2 Å². The number of hydrogen-bond acceptors (Lipinski definition) is 10. The Bertz CT molecular complexity index is 471. The van der Waals surface area contributed by atoms with Crippen LogP contribution in [-0.2, 0) is 23.7 Å². The van der Waals surface area contributed by atoms with Crippen LogP contribution >= 0.6 is 0 Å². The second-order valence-corrected chi connectivity index (χ2v) is 7.94. The third-order valence-corrected chi connectivity index (χ3v) is 5.59. The van der Waals surface area contributed by atoms with Crippen LogP contribution in [0.15, 0.2) is 0 Å². The van der Waals surface area contributed by atoms with Crippen LogP contribution in [0.4, 0.5) is 0 Å². The quantitative estimate of drug-likeness (QED) is 0.376. The van der Waals surface area contributed by atoms with E-state index in [1.807, 2.05) is 0 Å². The van der Waals surface area contributed by atoms with Crippen LogP contribution in [-0.4, -0.2) is 99.3 Å².